The largest absolute Gasteiger partial charge is 0.368 e. The van der Waals surface area contributed by atoms with E-state index in [9.17, 15) is 4.79 Å². The number of aryl methyl sites for hydroxylation is 1. The maximum atomic E-state index is 13.0. The molecule has 1 aliphatic heterocycles. The van der Waals surface area contributed by atoms with E-state index in [1.165, 1.54) is 16.8 Å². The van der Waals surface area contributed by atoms with Crippen LogP contribution in [0.4, 0.5) is 5.69 Å². The van der Waals surface area contributed by atoms with Crippen LogP contribution in [0.2, 0.25) is 0 Å². The molecule has 3 nitrogen and oxygen atoms in total. The molecule has 0 radical (unpaired) electrons. The van der Waals surface area contributed by atoms with Crippen LogP contribution in [-0.4, -0.2) is 37.0 Å². The minimum Gasteiger partial charge on any atom is -0.368 e. The van der Waals surface area contributed by atoms with E-state index in [1.807, 2.05) is 23.1 Å². The fourth-order valence-corrected chi connectivity index (χ4v) is 3.70. The van der Waals surface area contributed by atoms with E-state index in [2.05, 4.69) is 56.0 Å². The van der Waals surface area contributed by atoms with E-state index in [0.29, 0.717) is 0 Å². The van der Waals surface area contributed by atoms with E-state index in [1.54, 1.807) is 0 Å². The van der Waals surface area contributed by atoms with Crippen LogP contribution in [0, 0.1) is 13.8 Å². The molecule has 1 saturated heterocycles. The lowest BCUT2D eigenvalue weighted by molar-refractivity contribution is -0.133. The molecule has 1 heterocycles. The molecule has 25 heavy (non-hydrogen) atoms. The van der Waals surface area contributed by atoms with Gasteiger partial charge in [-0.2, -0.15) is 0 Å². The lowest BCUT2D eigenvalue weighted by atomic mass is 9.94. The van der Waals surface area contributed by atoms with E-state index in [0.717, 1.165) is 38.2 Å². The molecule has 2 aromatic rings. The Morgan fingerprint density at radius 1 is 0.960 bits per heavy atom. The second kappa shape index (κ2) is 7.73. The normalized spacial score (nSPS) is 16.0. The van der Waals surface area contributed by atoms with Gasteiger partial charge in [0.15, 0.2) is 0 Å². The Morgan fingerprint density at radius 2 is 1.64 bits per heavy atom. The Labute approximate surface area is 151 Å². The van der Waals surface area contributed by atoms with E-state index in [4.69, 9.17) is 0 Å². The summed E-state index contributed by atoms with van der Waals surface area (Å²) in [6, 6.07) is 16.6. The third-order valence-corrected chi connectivity index (χ3v) is 5.42. The molecule has 1 amide bonds. The highest BCUT2D eigenvalue weighted by Crippen LogP contribution is 2.26. The van der Waals surface area contributed by atoms with Crippen molar-refractivity contribution >= 4 is 11.6 Å². The van der Waals surface area contributed by atoms with Gasteiger partial charge in [0.1, 0.15) is 0 Å². The van der Waals surface area contributed by atoms with Gasteiger partial charge in [-0.25, -0.2) is 0 Å². The Morgan fingerprint density at radius 3 is 2.28 bits per heavy atom. The number of piperazine rings is 1. The number of benzene rings is 2. The molecule has 132 valence electrons. The van der Waals surface area contributed by atoms with Crippen LogP contribution < -0.4 is 4.90 Å². The summed E-state index contributed by atoms with van der Waals surface area (Å²) in [7, 11) is 0. The van der Waals surface area contributed by atoms with Crippen LogP contribution in [0.3, 0.4) is 0 Å². The molecule has 1 fully saturated rings. The second-order valence-corrected chi connectivity index (χ2v) is 6.90. The smallest absolute Gasteiger partial charge is 0.230 e. The zero-order chi connectivity index (χ0) is 17.8. The molecule has 0 spiro atoms. The highest BCUT2D eigenvalue weighted by Gasteiger charge is 2.27. The SMILES string of the molecule is CC[C@@H](C(=O)N1CCN(c2cccc(C)c2C)CC1)c1ccccc1. The van der Waals surface area contributed by atoms with Crippen molar-refractivity contribution in [2.24, 2.45) is 0 Å². The first-order valence-electron chi connectivity index (χ1n) is 9.26. The van der Waals surface area contributed by atoms with Gasteiger partial charge in [0, 0.05) is 31.9 Å². The summed E-state index contributed by atoms with van der Waals surface area (Å²) in [6.45, 7) is 9.85. The maximum Gasteiger partial charge on any atom is 0.230 e. The molecule has 1 atom stereocenters. The number of anilines is 1. The van der Waals surface area contributed by atoms with Gasteiger partial charge < -0.3 is 9.80 Å². The number of rotatable bonds is 4. The molecule has 0 aromatic heterocycles. The number of hydrogen-bond acceptors (Lipinski definition) is 2. The fraction of sp³-hybridized carbons (Fsp3) is 0.409. The van der Waals surface area contributed by atoms with E-state index in [-0.39, 0.29) is 11.8 Å². The first-order valence-corrected chi connectivity index (χ1v) is 9.26. The summed E-state index contributed by atoms with van der Waals surface area (Å²) in [5.74, 6) is 0.253. The van der Waals surface area contributed by atoms with Gasteiger partial charge in [-0.15, -0.1) is 0 Å². The zero-order valence-electron chi connectivity index (χ0n) is 15.5. The van der Waals surface area contributed by atoms with Gasteiger partial charge in [0.05, 0.1) is 5.92 Å². The Kier molecular flexibility index (Phi) is 5.42. The summed E-state index contributed by atoms with van der Waals surface area (Å²) in [5, 5.41) is 0. The topological polar surface area (TPSA) is 23.6 Å². The summed E-state index contributed by atoms with van der Waals surface area (Å²) < 4.78 is 0. The highest BCUT2D eigenvalue weighted by atomic mass is 16.2. The van der Waals surface area contributed by atoms with Crippen molar-refractivity contribution in [1.82, 2.24) is 4.90 Å². The van der Waals surface area contributed by atoms with Crippen molar-refractivity contribution in [3.05, 3.63) is 65.2 Å². The van der Waals surface area contributed by atoms with E-state index < -0.39 is 0 Å². The number of hydrogen-bond donors (Lipinski definition) is 0. The Balaban J connectivity index is 1.67. The van der Waals surface area contributed by atoms with Crippen molar-refractivity contribution in [3.63, 3.8) is 0 Å². The minimum absolute atomic E-state index is 0.0199. The first-order chi connectivity index (χ1) is 12.1. The van der Waals surface area contributed by atoms with Gasteiger partial charge in [0.2, 0.25) is 5.91 Å². The lowest BCUT2D eigenvalue weighted by Crippen LogP contribution is -2.50. The lowest BCUT2D eigenvalue weighted by Gasteiger charge is -2.38. The summed E-state index contributed by atoms with van der Waals surface area (Å²) in [4.78, 5) is 17.5. The van der Waals surface area contributed by atoms with Crippen LogP contribution in [0.15, 0.2) is 48.5 Å². The molecular weight excluding hydrogens is 308 g/mol. The molecule has 0 aliphatic carbocycles. The molecule has 0 saturated carbocycles. The van der Waals surface area contributed by atoms with Crippen LogP contribution in [-0.2, 0) is 4.79 Å². The maximum absolute atomic E-state index is 13.0. The van der Waals surface area contributed by atoms with Crippen molar-refractivity contribution in [1.29, 1.82) is 0 Å². The van der Waals surface area contributed by atoms with Crippen LogP contribution in [0.1, 0.15) is 36.0 Å². The standard InChI is InChI=1S/C22H28N2O/c1-4-20(19-10-6-5-7-11-19)22(25)24-15-13-23(14-16-24)21-12-8-9-17(2)18(21)3/h5-12,20H,4,13-16H2,1-3H3/t20-/m1/s1. The van der Waals surface area contributed by atoms with Crippen LogP contribution in [0.25, 0.3) is 0 Å². The number of nitrogens with zero attached hydrogens (tertiary/aromatic N) is 2. The minimum atomic E-state index is -0.0199. The van der Waals surface area contributed by atoms with Gasteiger partial charge in [-0.05, 0) is 43.0 Å². The van der Waals surface area contributed by atoms with Crippen molar-refractivity contribution in [2.45, 2.75) is 33.1 Å². The summed E-state index contributed by atoms with van der Waals surface area (Å²) >= 11 is 0. The predicted octanol–water partition coefficient (Wildman–Crippen LogP) is 4.15. The number of carbonyl (C=O) groups is 1. The predicted molar refractivity (Wildman–Crippen MR) is 104 cm³/mol. The summed E-state index contributed by atoms with van der Waals surface area (Å²) in [5.41, 5.74) is 5.11. The molecule has 2 aromatic carbocycles. The zero-order valence-corrected chi connectivity index (χ0v) is 15.5. The van der Waals surface area contributed by atoms with Crippen molar-refractivity contribution in [3.8, 4) is 0 Å². The average Bonchev–Trinajstić information content (AvgIpc) is 2.65. The quantitative estimate of drug-likeness (QED) is 0.837. The first kappa shape index (κ1) is 17.5. The van der Waals surface area contributed by atoms with Crippen LogP contribution in [0.5, 0.6) is 0 Å². The van der Waals surface area contributed by atoms with Gasteiger partial charge in [0.25, 0.3) is 0 Å². The van der Waals surface area contributed by atoms with Gasteiger partial charge >= 0.3 is 0 Å². The molecule has 0 bridgehead atoms. The average molecular weight is 336 g/mol. The van der Waals surface area contributed by atoms with Crippen molar-refractivity contribution < 1.29 is 4.79 Å². The number of amides is 1. The Bertz CT molecular complexity index is 718. The fourth-order valence-electron chi connectivity index (χ4n) is 3.70. The molecule has 0 unspecified atom stereocenters. The molecule has 3 rings (SSSR count). The van der Waals surface area contributed by atoms with E-state index >= 15 is 0 Å². The van der Waals surface area contributed by atoms with Gasteiger partial charge in [-0.3, -0.25) is 4.79 Å². The monoisotopic (exact) mass is 336 g/mol. The number of carbonyl (C=O) groups excluding carboxylic acids is 1. The second-order valence-electron chi connectivity index (χ2n) is 6.90. The third-order valence-electron chi connectivity index (χ3n) is 5.42. The summed E-state index contributed by atoms with van der Waals surface area (Å²) in [6.07, 6.45) is 0.847. The van der Waals surface area contributed by atoms with Crippen LogP contribution >= 0.6 is 0 Å². The Hall–Kier alpha value is -2.29. The van der Waals surface area contributed by atoms with Gasteiger partial charge in [-0.1, -0.05) is 49.4 Å². The third kappa shape index (κ3) is 3.71. The molecule has 1 aliphatic rings. The molecular formula is C22H28N2O. The van der Waals surface area contributed by atoms with Crippen molar-refractivity contribution in [2.75, 3.05) is 31.1 Å². The molecule has 3 heteroatoms. The molecule has 0 N–H and O–H groups in total. The highest BCUT2D eigenvalue weighted by molar-refractivity contribution is 5.84.